The second-order valence-corrected chi connectivity index (χ2v) is 11.3. The lowest BCUT2D eigenvalue weighted by Gasteiger charge is -2.17. The van der Waals surface area contributed by atoms with Crippen LogP contribution >= 0.6 is 11.8 Å². The molecule has 5 aromatic rings. The van der Waals surface area contributed by atoms with Crippen LogP contribution in [0.3, 0.4) is 0 Å². The number of methoxy groups -OCH3 is 2. The molecule has 5 rings (SSSR count). The maximum atomic E-state index is 13.6. The highest BCUT2D eigenvalue weighted by Crippen LogP contribution is 2.37. The van der Waals surface area contributed by atoms with Crippen LogP contribution in [0.1, 0.15) is 26.7 Å². The fourth-order valence-corrected chi connectivity index (χ4v) is 5.57. The number of amides is 3. The van der Waals surface area contributed by atoms with Gasteiger partial charge < -0.3 is 25.4 Å². The van der Waals surface area contributed by atoms with Crippen molar-refractivity contribution >= 4 is 46.9 Å². The molecule has 0 aliphatic rings. The minimum absolute atomic E-state index is 0.0291. The number of thioether (sulfide) groups is 1. The Morgan fingerprint density at radius 1 is 0.723 bits per heavy atom. The SMILES string of the molecule is COc1ccc(/C=C(\NC(=O)c2ccccc2)C(=O)Nc2ccc(SC(C(=O)Nc3ccncc3)c3ccccc3)cc2)cc1OC. The van der Waals surface area contributed by atoms with Gasteiger partial charge in [0, 0.05) is 34.2 Å². The molecule has 9 nitrogen and oxygen atoms in total. The Labute approximate surface area is 277 Å². The number of hydrogen-bond acceptors (Lipinski definition) is 7. The van der Waals surface area contributed by atoms with Crippen LogP contribution in [0.5, 0.6) is 11.5 Å². The Morgan fingerprint density at radius 2 is 1.36 bits per heavy atom. The Balaban J connectivity index is 1.35. The number of rotatable bonds is 12. The normalized spacial score (nSPS) is 11.6. The number of hydrogen-bond donors (Lipinski definition) is 3. The van der Waals surface area contributed by atoms with Crippen LogP contribution in [0.4, 0.5) is 11.4 Å². The molecule has 1 heterocycles. The molecule has 3 amide bonds. The summed E-state index contributed by atoms with van der Waals surface area (Å²) >= 11 is 1.39. The van der Waals surface area contributed by atoms with Gasteiger partial charge in [0.15, 0.2) is 11.5 Å². The topological polar surface area (TPSA) is 119 Å². The van der Waals surface area contributed by atoms with Crippen LogP contribution < -0.4 is 25.4 Å². The second kappa shape index (κ2) is 15.9. The lowest BCUT2D eigenvalue weighted by atomic mass is 10.1. The van der Waals surface area contributed by atoms with Crippen LogP contribution in [0, 0.1) is 0 Å². The molecule has 3 N–H and O–H groups in total. The molecule has 1 unspecified atom stereocenters. The zero-order valence-corrected chi connectivity index (χ0v) is 26.5. The number of ether oxygens (including phenoxy) is 2. The van der Waals surface area contributed by atoms with Gasteiger partial charge in [-0.15, -0.1) is 11.8 Å². The zero-order chi connectivity index (χ0) is 33.0. The molecule has 10 heteroatoms. The average Bonchev–Trinajstić information content (AvgIpc) is 3.12. The molecule has 0 aliphatic carbocycles. The van der Waals surface area contributed by atoms with Crippen molar-refractivity contribution in [1.82, 2.24) is 10.3 Å². The van der Waals surface area contributed by atoms with Crippen molar-refractivity contribution in [2.45, 2.75) is 10.1 Å². The van der Waals surface area contributed by atoms with Gasteiger partial charge in [0.1, 0.15) is 10.9 Å². The summed E-state index contributed by atoms with van der Waals surface area (Å²) in [6.07, 6.45) is 4.80. The van der Waals surface area contributed by atoms with E-state index in [0.717, 1.165) is 10.5 Å². The molecular weight excluding hydrogens is 612 g/mol. The molecule has 4 aromatic carbocycles. The largest absolute Gasteiger partial charge is 0.493 e. The standard InChI is InChI=1S/C37H32N4O5S/c1-45-32-18-13-25(24-33(32)46-2)23-31(41-35(42)27-11-7-4-8-12-27)36(43)39-28-14-16-30(17-15-28)47-34(26-9-5-3-6-10-26)37(44)40-29-19-21-38-22-20-29/h3-24,34H,1-2H3,(H,39,43)(H,41,42)(H,38,40,44)/b31-23-. The molecular formula is C37H32N4O5S. The summed E-state index contributed by atoms with van der Waals surface area (Å²) in [5.41, 5.74) is 3.05. The van der Waals surface area contributed by atoms with E-state index in [1.165, 1.54) is 26.0 Å². The fraction of sp³-hybridized carbons (Fsp3) is 0.0811. The first-order valence-electron chi connectivity index (χ1n) is 14.6. The molecule has 0 spiro atoms. The van der Waals surface area contributed by atoms with Crippen molar-refractivity contribution in [2.75, 3.05) is 24.9 Å². The predicted molar refractivity (Wildman–Crippen MR) is 184 cm³/mol. The van der Waals surface area contributed by atoms with E-state index < -0.39 is 17.1 Å². The van der Waals surface area contributed by atoms with Gasteiger partial charge in [-0.1, -0.05) is 54.6 Å². The van der Waals surface area contributed by atoms with Crippen molar-refractivity contribution in [1.29, 1.82) is 0 Å². The summed E-state index contributed by atoms with van der Waals surface area (Å²) in [6.45, 7) is 0. The molecule has 0 radical (unpaired) electrons. The maximum absolute atomic E-state index is 13.6. The van der Waals surface area contributed by atoms with Crippen LogP contribution in [0.2, 0.25) is 0 Å². The van der Waals surface area contributed by atoms with E-state index in [1.54, 1.807) is 91.3 Å². The minimum atomic E-state index is -0.533. The van der Waals surface area contributed by atoms with Crippen molar-refractivity contribution < 1.29 is 23.9 Å². The van der Waals surface area contributed by atoms with Crippen molar-refractivity contribution in [3.8, 4) is 11.5 Å². The summed E-state index contributed by atoms with van der Waals surface area (Å²) in [7, 11) is 3.06. The number of anilines is 2. The number of nitrogens with zero attached hydrogens (tertiary/aromatic N) is 1. The maximum Gasteiger partial charge on any atom is 0.272 e. The summed E-state index contributed by atoms with van der Waals surface area (Å²) < 4.78 is 10.7. The highest BCUT2D eigenvalue weighted by Gasteiger charge is 2.22. The third-order valence-electron chi connectivity index (χ3n) is 6.90. The van der Waals surface area contributed by atoms with Crippen molar-refractivity contribution in [3.05, 3.63) is 150 Å². The summed E-state index contributed by atoms with van der Waals surface area (Å²) in [4.78, 5) is 44.8. The monoisotopic (exact) mass is 644 g/mol. The van der Waals surface area contributed by atoms with Crippen LogP contribution in [-0.4, -0.2) is 36.9 Å². The van der Waals surface area contributed by atoms with E-state index in [2.05, 4.69) is 20.9 Å². The van der Waals surface area contributed by atoms with E-state index in [-0.39, 0.29) is 11.6 Å². The first kappa shape index (κ1) is 32.5. The molecule has 1 atom stereocenters. The number of nitrogens with one attached hydrogen (secondary N) is 3. The number of carbonyl (C=O) groups is 3. The Morgan fingerprint density at radius 3 is 2.02 bits per heavy atom. The van der Waals surface area contributed by atoms with Crippen LogP contribution in [-0.2, 0) is 9.59 Å². The molecule has 0 aliphatic heterocycles. The molecule has 1 aromatic heterocycles. The number of pyridine rings is 1. The zero-order valence-electron chi connectivity index (χ0n) is 25.7. The molecule has 0 saturated carbocycles. The van der Waals surface area contributed by atoms with Gasteiger partial charge in [-0.3, -0.25) is 19.4 Å². The van der Waals surface area contributed by atoms with E-state index in [1.807, 2.05) is 42.5 Å². The van der Waals surface area contributed by atoms with Crippen molar-refractivity contribution in [2.24, 2.45) is 0 Å². The van der Waals surface area contributed by atoms with Gasteiger partial charge in [0.25, 0.3) is 11.8 Å². The number of carbonyl (C=O) groups excluding carboxylic acids is 3. The lowest BCUT2D eigenvalue weighted by Crippen LogP contribution is -2.30. The molecule has 0 fully saturated rings. The summed E-state index contributed by atoms with van der Waals surface area (Å²) in [5, 5.41) is 8.03. The highest BCUT2D eigenvalue weighted by molar-refractivity contribution is 8.00. The average molecular weight is 645 g/mol. The molecule has 0 saturated heterocycles. The summed E-state index contributed by atoms with van der Waals surface area (Å²) in [6, 6.07) is 33.9. The van der Waals surface area contributed by atoms with E-state index in [4.69, 9.17) is 9.47 Å². The Bertz CT molecular complexity index is 1850. The minimum Gasteiger partial charge on any atom is -0.493 e. The molecule has 0 bridgehead atoms. The van der Waals surface area contributed by atoms with Gasteiger partial charge in [-0.2, -0.15) is 0 Å². The second-order valence-electron chi connectivity index (χ2n) is 10.1. The lowest BCUT2D eigenvalue weighted by molar-refractivity contribution is -0.116. The van der Waals surface area contributed by atoms with Crippen LogP contribution in [0.25, 0.3) is 6.08 Å². The third-order valence-corrected chi connectivity index (χ3v) is 8.17. The van der Waals surface area contributed by atoms with Gasteiger partial charge in [-0.05, 0) is 77.9 Å². The fourth-order valence-electron chi connectivity index (χ4n) is 4.55. The summed E-state index contributed by atoms with van der Waals surface area (Å²) in [5.74, 6) is -0.124. The predicted octanol–water partition coefficient (Wildman–Crippen LogP) is 6.98. The van der Waals surface area contributed by atoms with E-state index >= 15 is 0 Å². The van der Waals surface area contributed by atoms with Crippen LogP contribution in [0.15, 0.2) is 138 Å². The molecule has 236 valence electrons. The molecule has 47 heavy (non-hydrogen) atoms. The highest BCUT2D eigenvalue weighted by atomic mass is 32.2. The third kappa shape index (κ3) is 8.86. The van der Waals surface area contributed by atoms with Gasteiger partial charge in [-0.25, -0.2) is 0 Å². The first-order valence-corrected chi connectivity index (χ1v) is 15.5. The Kier molecular flexibility index (Phi) is 11.0. The van der Waals surface area contributed by atoms with E-state index in [9.17, 15) is 14.4 Å². The van der Waals surface area contributed by atoms with Crippen molar-refractivity contribution in [3.63, 3.8) is 0 Å². The van der Waals surface area contributed by atoms with Gasteiger partial charge in [0.2, 0.25) is 5.91 Å². The number of aromatic nitrogens is 1. The number of benzene rings is 4. The smallest absolute Gasteiger partial charge is 0.272 e. The quantitative estimate of drug-likeness (QED) is 0.0991. The first-order chi connectivity index (χ1) is 22.9. The van der Waals surface area contributed by atoms with Gasteiger partial charge >= 0.3 is 0 Å². The van der Waals surface area contributed by atoms with Gasteiger partial charge in [0.05, 0.1) is 14.2 Å². The Hall–Kier alpha value is -5.87. The van der Waals surface area contributed by atoms with E-state index in [0.29, 0.717) is 34.0 Å².